The number of thiazole rings is 1. The highest BCUT2D eigenvalue weighted by molar-refractivity contribution is 7.13. The van der Waals surface area contributed by atoms with Crippen LogP contribution in [-0.2, 0) is 0 Å². The van der Waals surface area contributed by atoms with Crippen LogP contribution in [0.1, 0.15) is 16.1 Å². The van der Waals surface area contributed by atoms with E-state index in [0.29, 0.717) is 0 Å². The molecule has 1 aromatic heterocycles. The van der Waals surface area contributed by atoms with Gasteiger partial charge in [0.15, 0.2) is 0 Å². The quantitative estimate of drug-likeness (QED) is 0.736. The lowest BCUT2D eigenvalue weighted by Crippen LogP contribution is -2.45. The molecule has 1 heterocycles. The highest BCUT2D eigenvalue weighted by atomic mass is 32.1. The molecule has 2 rings (SSSR count). The molecule has 1 aromatic carbocycles. The van der Waals surface area contributed by atoms with Crippen molar-refractivity contribution in [3.05, 3.63) is 40.9 Å². The molecule has 0 radical (unpaired) electrons. The normalized spacial score (nSPS) is 9.90. The first-order valence-corrected chi connectivity index (χ1v) is 6.78. The van der Waals surface area contributed by atoms with Crippen LogP contribution < -0.4 is 16.2 Å². The van der Waals surface area contributed by atoms with E-state index < -0.39 is 11.9 Å². The number of aromatic nitrogens is 1. The molecule has 0 aliphatic carbocycles. The zero-order valence-corrected chi connectivity index (χ0v) is 11.9. The molecule has 104 valence electrons. The Hall–Kier alpha value is -2.41. The van der Waals surface area contributed by atoms with E-state index in [2.05, 4.69) is 21.2 Å². The molecule has 0 saturated carbocycles. The second kappa shape index (κ2) is 6.16. The Morgan fingerprint density at radius 2 is 1.85 bits per heavy atom. The number of carbonyl (C=O) groups is 2. The van der Waals surface area contributed by atoms with E-state index in [0.717, 1.165) is 16.1 Å². The first-order valence-electron chi connectivity index (χ1n) is 5.91. The second-order valence-electron chi connectivity index (χ2n) is 4.06. The van der Waals surface area contributed by atoms with Gasteiger partial charge in [0.2, 0.25) is 0 Å². The smallest absolute Gasteiger partial charge is 0.333 e. The van der Waals surface area contributed by atoms with Gasteiger partial charge in [0.1, 0.15) is 10.7 Å². The molecule has 3 N–H and O–H groups in total. The molecule has 7 heteroatoms. The molecule has 2 aromatic rings. The van der Waals surface area contributed by atoms with Crippen molar-refractivity contribution >= 4 is 23.3 Å². The fourth-order valence-electron chi connectivity index (χ4n) is 1.45. The number of nitrogens with one attached hydrogen (secondary N) is 3. The van der Waals surface area contributed by atoms with Crippen molar-refractivity contribution in [3.8, 4) is 10.6 Å². The van der Waals surface area contributed by atoms with Gasteiger partial charge in [-0.1, -0.05) is 29.8 Å². The number of urea groups is 1. The van der Waals surface area contributed by atoms with Crippen molar-refractivity contribution in [1.82, 2.24) is 21.2 Å². The summed E-state index contributed by atoms with van der Waals surface area (Å²) in [6.07, 6.45) is 0. The summed E-state index contributed by atoms with van der Waals surface area (Å²) < 4.78 is 0. The predicted molar refractivity (Wildman–Crippen MR) is 77.3 cm³/mol. The Morgan fingerprint density at radius 1 is 1.15 bits per heavy atom. The average Bonchev–Trinajstić information content (AvgIpc) is 2.95. The largest absolute Gasteiger partial charge is 0.340 e. The summed E-state index contributed by atoms with van der Waals surface area (Å²) in [5.41, 5.74) is 6.86. The average molecular weight is 290 g/mol. The van der Waals surface area contributed by atoms with Crippen LogP contribution in [0.3, 0.4) is 0 Å². The third-order valence-electron chi connectivity index (χ3n) is 2.55. The van der Waals surface area contributed by atoms with Gasteiger partial charge in [-0.25, -0.2) is 15.2 Å². The number of hydrazine groups is 1. The third-order valence-corrected chi connectivity index (χ3v) is 3.44. The molecular formula is C13H14N4O2S. The van der Waals surface area contributed by atoms with Crippen LogP contribution in [0.5, 0.6) is 0 Å². The minimum absolute atomic E-state index is 0.266. The van der Waals surface area contributed by atoms with Gasteiger partial charge in [0, 0.05) is 18.0 Å². The van der Waals surface area contributed by atoms with Crippen molar-refractivity contribution < 1.29 is 9.59 Å². The molecule has 20 heavy (non-hydrogen) atoms. The van der Waals surface area contributed by atoms with Crippen LogP contribution in [0, 0.1) is 6.92 Å². The highest BCUT2D eigenvalue weighted by Gasteiger charge is 2.12. The molecule has 6 nitrogen and oxygen atoms in total. The Morgan fingerprint density at radius 3 is 2.50 bits per heavy atom. The molecule has 0 aliphatic heterocycles. The van der Waals surface area contributed by atoms with E-state index in [1.807, 2.05) is 31.2 Å². The fraction of sp³-hybridized carbons (Fsp3) is 0.154. The molecule has 3 amide bonds. The van der Waals surface area contributed by atoms with Gasteiger partial charge in [0.05, 0.1) is 0 Å². The summed E-state index contributed by atoms with van der Waals surface area (Å²) in [6.45, 7) is 2.01. The first kappa shape index (κ1) is 14.0. The van der Waals surface area contributed by atoms with E-state index in [1.165, 1.54) is 18.4 Å². The van der Waals surface area contributed by atoms with Gasteiger partial charge in [-0.15, -0.1) is 11.3 Å². The maximum Gasteiger partial charge on any atom is 0.333 e. The number of amides is 3. The summed E-state index contributed by atoms with van der Waals surface area (Å²) in [6, 6.07) is 7.40. The van der Waals surface area contributed by atoms with Gasteiger partial charge in [-0.05, 0) is 6.92 Å². The molecular weight excluding hydrogens is 276 g/mol. The molecule has 0 spiro atoms. The lowest BCUT2D eigenvalue weighted by Gasteiger charge is -2.04. The molecule has 0 saturated heterocycles. The van der Waals surface area contributed by atoms with Gasteiger partial charge < -0.3 is 5.32 Å². The number of carbonyl (C=O) groups excluding carboxylic acids is 2. The molecule has 0 fully saturated rings. The standard InChI is InChI=1S/C13H14N4O2S/c1-8-3-5-9(6-4-8)12-15-10(7-20-12)11(18)16-17-13(19)14-2/h3-7H,1-2H3,(H,16,18)(H2,14,17,19). The van der Waals surface area contributed by atoms with Crippen LogP contribution in [0.4, 0.5) is 4.79 Å². The van der Waals surface area contributed by atoms with Crippen LogP contribution in [0.2, 0.25) is 0 Å². The zero-order valence-electron chi connectivity index (χ0n) is 11.1. The predicted octanol–water partition coefficient (Wildman–Crippen LogP) is 1.69. The van der Waals surface area contributed by atoms with Crippen molar-refractivity contribution in [3.63, 3.8) is 0 Å². The van der Waals surface area contributed by atoms with E-state index in [1.54, 1.807) is 5.38 Å². The number of hydrogen-bond donors (Lipinski definition) is 3. The van der Waals surface area contributed by atoms with Gasteiger partial charge in [-0.3, -0.25) is 10.2 Å². The van der Waals surface area contributed by atoms with E-state index in [9.17, 15) is 9.59 Å². The number of aryl methyl sites for hydroxylation is 1. The minimum Gasteiger partial charge on any atom is -0.340 e. The Labute approximate surface area is 120 Å². The summed E-state index contributed by atoms with van der Waals surface area (Å²) in [5, 5.41) is 4.73. The van der Waals surface area contributed by atoms with E-state index in [-0.39, 0.29) is 5.69 Å². The van der Waals surface area contributed by atoms with Crippen molar-refractivity contribution in [1.29, 1.82) is 0 Å². The maximum atomic E-state index is 11.8. The van der Waals surface area contributed by atoms with Crippen LogP contribution >= 0.6 is 11.3 Å². The topological polar surface area (TPSA) is 83.1 Å². The Balaban J connectivity index is 2.06. The lowest BCUT2D eigenvalue weighted by atomic mass is 10.2. The van der Waals surface area contributed by atoms with Crippen molar-refractivity contribution in [2.45, 2.75) is 6.92 Å². The Kier molecular flexibility index (Phi) is 4.31. The summed E-state index contributed by atoms with van der Waals surface area (Å²) in [7, 11) is 1.46. The second-order valence-corrected chi connectivity index (χ2v) is 4.92. The van der Waals surface area contributed by atoms with Gasteiger partial charge >= 0.3 is 6.03 Å². The lowest BCUT2D eigenvalue weighted by molar-refractivity contribution is 0.0932. The fourth-order valence-corrected chi connectivity index (χ4v) is 2.25. The number of hydrogen-bond acceptors (Lipinski definition) is 4. The summed E-state index contributed by atoms with van der Waals surface area (Å²) >= 11 is 1.38. The van der Waals surface area contributed by atoms with Gasteiger partial charge in [-0.2, -0.15) is 0 Å². The van der Waals surface area contributed by atoms with Gasteiger partial charge in [0.25, 0.3) is 5.91 Å². The number of benzene rings is 1. The minimum atomic E-state index is -0.493. The van der Waals surface area contributed by atoms with Crippen LogP contribution in [-0.4, -0.2) is 24.0 Å². The van der Waals surface area contributed by atoms with Crippen LogP contribution in [0.25, 0.3) is 10.6 Å². The SMILES string of the molecule is CNC(=O)NNC(=O)c1csc(-c2ccc(C)cc2)n1. The van der Waals surface area contributed by atoms with Crippen molar-refractivity contribution in [2.24, 2.45) is 0 Å². The Bertz CT molecular complexity index is 622. The van der Waals surface area contributed by atoms with E-state index in [4.69, 9.17) is 0 Å². The molecule has 0 unspecified atom stereocenters. The van der Waals surface area contributed by atoms with Crippen molar-refractivity contribution in [2.75, 3.05) is 7.05 Å². The number of rotatable bonds is 2. The highest BCUT2D eigenvalue weighted by Crippen LogP contribution is 2.23. The molecule has 0 atom stereocenters. The summed E-state index contributed by atoms with van der Waals surface area (Å²) in [4.78, 5) is 27.0. The summed E-state index contributed by atoms with van der Waals surface area (Å²) in [5.74, 6) is -0.455. The zero-order chi connectivity index (χ0) is 14.5. The number of nitrogens with zero attached hydrogens (tertiary/aromatic N) is 1. The first-order chi connectivity index (χ1) is 9.60. The maximum absolute atomic E-state index is 11.8. The third kappa shape index (κ3) is 3.33. The molecule has 0 aliphatic rings. The monoisotopic (exact) mass is 290 g/mol. The van der Waals surface area contributed by atoms with Crippen LogP contribution in [0.15, 0.2) is 29.6 Å². The van der Waals surface area contributed by atoms with E-state index >= 15 is 0 Å². The molecule has 0 bridgehead atoms.